The van der Waals surface area contributed by atoms with Crippen LogP contribution in [0.2, 0.25) is 0 Å². The lowest BCUT2D eigenvalue weighted by Gasteiger charge is -2.39. The minimum atomic E-state index is 0.794. The Balaban J connectivity index is 1.74. The normalized spacial score (nSPS) is 36.5. The highest BCUT2D eigenvalue weighted by molar-refractivity contribution is 4.90. The molecule has 76 valence electrons. The molecule has 1 saturated carbocycles. The van der Waals surface area contributed by atoms with Crippen LogP contribution in [0.3, 0.4) is 0 Å². The van der Waals surface area contributed by atoms with Gasteiger partial charge in [0.25, 0.3) is 0 Å². The van der Waals surface area contributed by atoms with Gasteiger partial charge in [-0.1, -0.05) is 19.8 Å². The molecule has 0 aromatic rings. The Kier molecular flexibility index (Phi) is 2.89. The van der Waals surface area contributed by atoms with E-state index in [9.17, 15) is 0 Å². The van der Waals surface area contributed by atoms with E-state index in [0.29, 0.717) is 0 Å². The Labute approximate surface area is 81.7 Å². The van der Waals surface area contributed by atoms with Crippen molar-refractivity contribution in [1.82, 2.24) is 10.2 Å². The molecule has 1 heterocycles. The molecule has 1 N–H and O–H groups in total. The van der Waals surface area contributed by atoms with E-state index in [-0.39, 0.29) is 0 Å². The van der Waals surface area contributed by atoms with Gasteiger partial charge >= 0.3 is 0 Å². The van der Waals surface area contributed by atoms with Crippen LogP contribution in [-0.2, 0) is 0 Å². The maximum atomic E-state index is 3.81. The monoisotopic (exact) mass is 182 g/mol. The van der Waals surface area contributed by atoms with Crippen LogP contribution in [0.5, 0.6) is 0 Å². The van der Waals surface area contributed by atoms with Gasteiger partial charge in [0.15, 0.2) is 0 Å². The number of likely N-dealkylation sites (N-methyl/N-ethyl adjacent to an activating group) is 1. The number of likely N-dealkylation sites (tertiary alicyclic amines) is 1. The maximum absolute atomic E-state index is 3.81. The van der Waals surface area contributed by atoms with Gasteiger partial charge in [-0.05, 0) is 25.8 Å². The van der Waals surface area contributed by atoms with E-state index in [1.807, 2.05) is 0 Å². The fourth-order valence-electron chi connectivity index (χ4n) is 2.85. The lowest BCUT2D eigenvalue weighted by atomic mass is 9.98. The Morgan fingerprint density at radius 1 is 1.31 bits per heavy atom. The fraction of sp³-hybridized carbons (Fsp3) is 1.00. The van der Waals surface area contributed by atoms with E-state index in [2.05, 4.69) is 24.2 Å². The first-order valence-corrected chi connectivity index (χ1v) is 5.74. The molecule has 2 aliphatic rings. The van der Waals surface area contributed by atoms with Crippen molar-refractivity contribution in [2.24, 2.45) is 5.92 Å². The van der Waals surface area contributed by atoms with Crippen LogP contribution < -0.4 is 5.32 Å². The number of rotatable bonds is 3. The van der Waals surface area contributed by atoms with Gasteiger partial charge in [0.05, 0.1) is 0 Å². The second-order valence-corrected chi connectivity index (χ2v) is 4.79. The van der Waals surface area contributed by atoms with Gasteiger partial charge in [-0.3, -0.25) is 0 Å². The molecule has 2 atom stereocenters. The summed E-state index contributed by atoms with van der Waals surface area (Å²) in [5.41, 5.74) is 0. The molecule has 0 aromatic carbocycles. The van der Waals surface area contributed by atoms with E-state index >= 15 is 0 Å². The molecular weight excluding hydrogens is 160 g/mol. The summed E-state index contributed by atoms with van der Waals surface area (Å²) < 4.78 is 0. The molecule has 0 amide bonds. The first-order valence-electron chi connectivity index (χ1n) is 5.74. The molecule has 0 radical (unpaired) electrons. The van der Waals surface area contributed by atoms with Gasteiger partial charge in [-0.2, -0.15) is 0 Å². The van der Waals surface area contributed by atoms with Gasteiger partial charge < -0.3 is 10.2 Å². The highest BCUT2D eigenvalue weighted by Gasteiger charge is 2.31. The average Bonchev–Trinajstić information content (AvgIpc) is 2.49. The van der Waals surface area contributed by atoms with Crippen molar-refractivity contribution in [3.05, 3.63) is 0 Å². The average molecular weight is 182 g/mol. The van der Waals surface area contributed by atoms with Crippen molar-refractivity contribution in [2.75, 3.05) is 20.1 Å². The Hall–Kier alpha value is -0.0800. The zero-order chi connectivity index (χ0) is 9.26. The molecule has 2 nitrogen and oxygen atoms in total. The molecule has 13 heavy (non-hydrogen) atoms. The summed E-state index contributed by atoms with van der Waals surface area (Å²) in [5.74, 6) is 0.964. The van der Waals surface area contributed by atoms with Crippen LogP contribution in [0.1, 0.15) is 32.6 Å². The number of hydrogen-bond acceptors (Lipinski definition) is 2. The zero-order valence-electron chi connectivity index (χ0n) is 8.92. The second kappa shape index (κ2) is 3.97. The summed E-state index contributed by atoms with van der Waals surface area (Å²) in [7, 11) is 2.20. The van der Waals surface area contributed by atoms with Crippen LogP contribution in [0, 0.1) is 5.92 Å². The quantitative estimate of drug-likeness (QED) is 0.711. The SMILES string of the molecule is CCC1CCCC1NC1CN(C)C1. The standard InChI is InChI=1S/C11H22N2/c1-3-9-5-4-6-11(9)12-10-7-13(2)8-10/h9-12H,3-8H2,1-2H3. The summed E-state index contributed by atoms with van der Waals surface area (Å²) in [6.07, 6.45) is 5.68. The second-order valence-electron chi connectivity index (χ2n) is 4.79. The van der Waals surface area contributed by atoms with Crippen molar-refractivity contribution >= 4 is 0 Å². The summed E-state index contributed by atoms with van der Waals surface area (Å²) in [6.45, 7) is 4.84. The van der Waals surface area contributed by atoms with Crippen LogP contribution in [-0.4, -0.2) is 37.1 Å². The number of nitrogens with one attached hydrogen (secondary N) is 1. The van der Waals surface area contributed by atoms with Gasteiger partial charge in [0, 0.05) is 25.2 Å². The summed E-state index contributed by atoms with van der Waals surface area (Å²) in [6, 6.07) is 1.63. The van der Waals surface area contributed by atoms with E-state index < -0.39 is 0 Å². The number of nitrogens with zero attached hydrogens (tertiary/aromatic N) is 1. The molecule has 1 saturated heterocycles. The van der Waals surface area contributed by atoms with Crippen LogP contribution >= 0.6 is 0 Å². The predicted molar refractivity (Wildman–Crippen MR) is 55.8 cm³/mol. The summed E-state index contributed by atoms with van der Waals surface area (Å²) in [4.78, 5) is 2.38. The minimum Gasteiger partial charge on any atom is -0.308 e. The van der Waals surface area contributed by atoms with Crippen molar-refractivity contribution in [3.8, 4) is 0 Å². The molecule has 0 bridgehead atoms. The van der Waals surface area contributed by atoms with Crippen molar-refractivity contribution < 1.29 is 0 Å². The summed E-state index contributed by atoms with van der Waals surface area (Å²) >= 11 is 0. The molecule has 1 aliphatic carbocycles. The molecule has 2 rings (SSSR count). The third-order valence-corrected chi connectivity index (χ3v) is 3.70. The highest BCUT2D eigenvalue weighted by atomic mass is 15.2. The van der Waals surface area contributed by atoms with Crippen molar-refractivity contribution in [2.45, 2.75) is 44.7 Å². The van der Waals surface area contributed by atoms with Gasteiger partial charge in [-0.15, -0.1) is 0 Å². The number of hydrogen-bond donors (Lipinski definition) is 1. The lowest BCUT2D eigenvalue weighted by molar-refractivity contribution is 0.143. The maximum Gasteiger partial charge on any atom is 0.0324 e. The molecule has 2 heteroatoms. The van der Waals surface area contributed by atoms with E-state index in [0.717, 1.165) is 18.0 Å². The summed E-state index contributed by atoms with van der Waals surface area (Å²) in [5, 5.41) is 3.81. The molecule has 1 aliphatic heterocycles. The van der Waals surface area contributed by atoms with Gasteiger partial charge in [0.2, 0.25) is 0 Å². The van der Waals surface area contributed by atoms with E-state index in [1.54, 1.807) is 0 Å². The van der Waals surface area contributed by atoms with E-state index in [4.69, 9.17) is 0 Å². The lowest BCUT2D eigenvalue weighted by Crippen LogP contribution is -2.59. The minimum absolute atomic E-state index is 0.794. The first kappa shape index (κ1) is 9.47. The topological polar surface area (TPSA) is 15.3 Å². The third kappa shape index (κ3) is 2.05. The predicted octanol–water partition coefficient (Wildman–Crippen LogP) is 1.47. The highest BCUT2D eigenvalue weighted by Crippen LogP contribution is 2.28. The molecule has 2 unspecified atom stereocenters. The van der Waals surface area contributed by atoms with Crippen LogP contribution in [0.25, 0.3) is 0 Å². The zero-order valence-corrected chi connectivity index (χ0v) is 8.92. The fourth-order valence-corrected chi connectivity index (χ4v) is 2.85. The van der Waals surface area contributed by atoms with Crippen molar-refractivity contribution in [1.29, 1.82) is 0 Å². The molecular formula is C11H22N2. The van der Waals surface area contributed by atoms with Crippen LogP contribution in [0.4, 0.5) is 0 Å². The largest absolute Gasteiger partial charge is 0.308 e. The Morgan fingerprint density at radius 3 is 2.69 bits per heavy atom. The van der Waals surface area contributed by atoms with Gasteiger partial charge in [0.1, 0.15) is 0 Å². The van der Waals surface area contributed by atoms with Crippen LogP contribution in [0.15, 0.2) is 0 Å². The Morgan fingerprint density at radius 2 is 2.08 bits per heavy atom. The molecule has 2 fully saturated rings. The molecule has 0 aromatic heterocycles. The van der Waals surface area contributed by atoms with Gasteiger partial charge in [-0.25, -0.2) is 0 Å². The van der Waals surface area contributed by atoms with E-state index in [1.165, 1.54) is 38.8 Å². The third-order valence-electron chi connectivity index (χ3n) is 3.70. The first-order chi connectivity index (χ1) is 6.29. The van der Waals surface area contributed by atoms with Crippen molar-refractivity contribution in [3.63, 3.8) is 0 Å². The smallest absolute Gasteiger partial charge is 0.0324 e. The Bertz CT molecular complexity index is 163. The molecule has 0 spiro atoms.